The second kappa shape index (κ2) is 6.27. The molecule has 2 atom stereocenters. The van der Waals surface area contributed by atoms with Crippen LogP contribution in [0.15, 0.2) is 17.6 Å². The number of aliphatic imine (C=N–C) groups is 1. The van der Waals surface area contributed by atoms with Crippen molar-refractivity contribution in [2.45, 2.75) is 6.92 Å². The van der Waals surface area contributed by atoms with E-state index in [-0.39, 0.29) is 17.8 Å². The van der Waals surface area contributed by atoms with Crippen LogP contribution >= 0.6 is 0 Å². The molecule has 0 aromatic carbocycles. The van der Waals surface area contributed by atoms with Crippen molar-refractivity contribution in [1.82, 2.24) is 10.2 Å². The van der Waals surface area contributed by atoms with E-state index in [0.29, 0.717) is 13.1 Å². The van der Waals surface area contributed by atoms with Crippen LogP contribution < -0.4 is 5.32 Å². The van der Waals surface area contributed by atoms with E-state index in [2.05, 4.69) is 28.7 Å². The molecular weight excluding hydrogens is 218 g/mol. The summed E-state index contributed by atoms with van der Waals surface area (Å²) in [6.07, 6.45) is 1.78. The van der Waals surface area contributed by atoms with Crippen LogP contribution in [0.2, 0.25) is 0 Å². The molecule has 0 bridgehead atoms. The third-order valence-electron chi connectivity index (χ3n) is 3.03. The highest BCUT2D eigenvalue weighted by molar-refractivity contribution is 5.82. The Morgan fingerprint density at radius 3 is 2.88 bits per heavy atom. The second-order valence-electron chi connectivity index (χ2n) is 4.23. The Morgan fingerprint density at radius 1 is 1.65 bits per heavy atom. The van der Waals surface area contributed by atoms with Crippen molar-refractivity contribution in [3.63, 3.8) is 0 Å². The molecule has 0 aliphatic carbocycles. The molecule has 0 saturated carbocycles. The molecule has 2 unspecified atom stereocenters. The molecule has 0 aromatic rings. The predicted molar refractivity (Wildman–Crippen MR) is 67.8 cm³/mol. The summed E-state index contributed by atoms with van der Waals surface area (Å²) in [5.41, 5.74) is 0. The Morgan fingerprint density at radius 2 is 2.35 bits per heavy atom. The van der Waals surface area contributed by atoms with E-state index < -0.39 is 0 Å². The van der Waals surface area contributed by atoms with E-state index in [1.165, 1.54) is 7.11 Å². The Kier molecular flexibility index (Phi) is 5.00. The van der Waals surface area contributed by atoms with Crippen LogP contribution in [0.5, 0.6) is 0 Å². The van der Waals surface area contributed by atoms with Crippen LogP contribution in [0.1, 0.15) is 6.92 Å². The van der Waals surface area contributed by atoms with Crippen LogP contribution in [-0.4, -0.2) is 50.6 Å². The number of carbonyl (C=O) groups is 1. The van der Waals surface area contributed by atoms with Gasteiger partial charge >= 0.3 is 5.97 Å². The van der Waals surface area contributed by atoms with Crippen molar-refractivity contribution in [2.75, 3.05) is 33.8 Å². The summed E-state index contributed by atoms with van der Waals surface area (Å²) in [6, 6.07) is 0. The average Bonchev–Trinajstić information content (AvgIpc) is 2.71. The van der Waals surface area contributed by atoms with E-state index in [9.17, 15) is 4.79 Å². The van der Waals surface area contributed by atoms with E-state index in [4.69, 9.17) is 4.74 Å². The summed E-state index contributed by atoms with van der Waals surface area (Å²) in [6.45, 7) is 7.85. The summed E-state index contributed by atoms with van der Waals surface area (Å²) < 4.78 is 4.81. The van der Waals surface area contributed by atoms with Crippen molar-refractivity contribution >= 4 is 11.9 Å². The zero-order chi connectivity index (χ0) is 12.8. The normalized spacial score (nSPS) is 24.6. The number of nitrogens with zero attached hydrogens (tertiary/aromatic N) is 2. The molecule has 5 nitrogen and oxygen atoms in total. The molecule has 0 amide bonds. The molecule has 1 N–H and O–H groups in total. The fraction of sp³-hybridized carbons (Fsp3) is 0.667. The summed E-state index contributed by atoms with van der Waals surface area (Å²) >= 11 is 0. The van der Waals surface area contributed by atoms with Gasteiger partial charge in [-0.2, -0.15) is 0 Å². The molecule has 1 heterocycles. The van der Waals surface area contributed by atoms with Gasteiger partial charge in [-0.3, -0.25) is 9.79 Å². The van der Waals surface area contributed by atoms with Crippen molar-refractivity contribution in [3.8, 4) is 0 Å². The molecule has 1 rings (SSSR count). The number of nitrogens with one attached hydrogen (secondary N) is 1. The first-order valence-corrected chi connectivity index (χ1v) is 5.78. The van der Waals surface area contributed by atoms with Crippen LogP contribution in [0, 0.1) is 11.8 Å². The molecule has 0 spiro atoms. The maximum absolute atomic E-state index is 11.6. The first-order chi connectivity index (χ1) is 8.13. The zero-order valence-corrected chi connectivity index (χ0v) is 10.8. The first kappa shape index (κ1) is 13.5. The number of carbonyl (C=O) groups excluding carboxylic acids is 1. The topological polar surface area (TPSA) is 53.9 Å². The standard InChI is InChI=1S/C12H21N3O2/c1-5-6-14-12(13-3)15-7-9(2)10(8-15)11(16)17-4/h5,9-10H,1,6-8H2,2-4H3,(H,13,14). The third kappa shape index (κ3) is 3.22. The summed E-state index contributed by atoms with van der Waals surface area (Å²) in [5, 5.41) is 3.16. The molecule has 0 radical (unpaired) electrons. The molecule has 17 heavy (non-hydrogen) atoms. The Labute approximate surface area is 103 Å². The fourth-order valence-electron chi connectivity index (χ4n) is 2.09. The summed E-state index contributed by atoms with van der Waals surface area (Å²) in [4.78, 5) is 17.8. The van der Waals surface area contributed by atoms with Gasteiger partial charge in [-0.05, 0) is 5.92 Å². The maximum Gasteiger partial charge on any atom is 0.310 e. The number of methoxy groups -OCH3 is 1. The largest absolute Gasteiger partial charge is 0.469 e. The minimum atomic E-state index is -0.140. The van der Waals surface area contributed by atoms with E-state index in [1.807, 2.05) is 0 Å². The lowest BCUT2D eigenvalue weighted by atomic mass is 9.99. The Hall–Kier alpha value is -1.52. The summed E-state index contributed by atoms with van der Waals surface area (Å²) in [5.74, 6) is 0.884. The zero-order valence-electron chi connectivity index (χ0n) is 10.8. The average molecular weight is 239 g/mol. The van der Waals surface area contributed by atoms with Crippen LogP contribution in [0.3, 0.4) is 0 Å². The predicted octanol–water partition coefficient (Wildman–Crippen LogP) is 0.489. The minimum absolute atomic E-state index is 0.0673. The quantitative estimate of drug-likeness (QED) is 0.337. The smallest absolute Gasteiger partial charge is 0.310 e. The van der Waals surface area contributed by atoms with Gasteiger partial charge in [0.05, 0.1) is 13.0 Å². The van der Waals surface area contributed by atoms with Gasteiger partial charge in [0.2, 0.25) is 0 Å². The highest BCUT2D eigenvalue weighted by Crippen LogP contribution is 2.23. The Bertz CT molecular complexity index is 315. The van der Waals surface area contributed by atoms with Gasteiger partial charge in [0.1, 0.15) is 0 Å². The van der Waals surface area contributed by atoms with Gasteiger partial charge in [0.15, 0.2) is 5.96 Å². The van der Waals surface area contributed by atoms with Crippen LogP contribution in [-0.2, 0) is 9.53 Å². The third-order valence-corrected chi connectivity index (χ3v) is 3.03. The van der Waals surface area contributed by atoms with Crippen molar-refractivity contribution in [1.29, 1.82) is 0 Å². The number of hydrogen-bond donors (Lipinski definition) is 1. The van der Waals surface area contributed by atoms with Gasteiger partial charge in [-0.15, -0.1) is 6.58 Å². The van der Waals surface area contributed by atoms with E-state index in [1.54, 1.807) is 13.1 Å². The van der Waals surface area contributed by atoms with Crippen molar-refractivity contribution in [3.05, 3.63) is 12.7 Å². The second-order valence-corrected chi connectivity index (χ2v) is 4.23. The van der Waals surface area contributed by atoms with Gasteiger partial charge in [0, 0.05) is 26.7 Å². The molecule has 1 fully saturated rings. The number of esters is 1. The van der Waals surface area contributed by atoms with Crippen molar-refractivity contribution in [2.24, 2.45) is 16.8 Å². The molecule has 1 aliphatic heterocycles. The lowest BCUT2D eigenvalue weighted by molar-refractivity contribution is -0.145. The number of ether oxygens (including phenoxy) is 1. The fourth-order valence-corrected chi connectivity index (χ4v) is 2.09. The number of likely N-dealkylation sites (tertiary alicyclic amines) is 1. The van der Waals surface area contributed by atoms with Gasteiger partial charge in [0.25, 0.3) is 0 Å². The minimum Gasteiger partial charge on any atom is -0.469 e. The molecule has 0 aromatic heterocycles. The molecule has 5 heteroatoms. The van der Waals surface area contributed by atoms with Crippen molar-refractivity contribution < 1.29 is 9.53 Å². The van der Waals surface area contributed by atoms with Gasteiger partial charge in [-0.1, -0.05) is 13.0 Å². The van der Waals surface area contributed by atoms with E-state index in [0.717, 1.165) is 12.5 Å². The molecule has 1 aliphatic rings. The Balaban J connectivity index is 2.63. The summed E-state index contributed by atoms with van der Waals surface area (Å²) in [7, 11) is 3.17. The first-order valence-electron chi connectivity index (χ1n) is 5.78. The molecule has 1 saturated heterocycles. The lowest BCUT2D eigenvalue weighted by Gasteiger charge is -2.20. The number of hydrogen-bond acceptors (Lipinski definition) is 3. The molecular formula is C12H21N3O2. The lowest BCUT2D eigenvalue weighted by Crippen LogP contribution is -2.40. The highest BCUT2D eigenvalue weighted by atomic mass is 16.5. The number of rotatable bonds is 3. The SMILES string of the molecule is C=CCNC(=NC)N1CC(C)C(C(=O)OC)C1. The van der Waals surface area contributed by atoms with Gasteiger partial charge in [-0.25, -0.2) is 0 Å². The molecule has 96 valence electrons. The highest BCUT2D eigenvalue weighted by Gasteiger charge is 2.36. The van der Waals surface area contributed by atoms with Gasteiger partial charge < -0.3 is 15.0 Å². The monoisotopic (exact) mass is 239 g/mol. The maximum atomic E-state index is 11.6. The number of guanidine groups is 1. The van der Waals surface area contributed by atoms with Crippen LogP contribution in [0.25, 0.3) is 0 Å². The van der Waals surface area contributed by atoms with Crippen LogP contribution in [0.4, 0.5) is 0 Å². The van der Waals surface area contributed by atoms with E-state index >= 15 is 0 Å².